The van der Waals surface area contributed by atoms with Gasteiger partial charge in [-0.15, -0.1) is 0 Å². The fourth-order valence-corrected chi connectivity index (χ4v) is 4.93. The number of hydrogen-bond donors (Lipinski definition) is 0. The van der Waals surface area contributed by atoms with Gasteiger partial charge in [0.1, 0.15) is 18.8 Å². The molecule has 0 bridgehead atoms. The van der Waals surface area contributed by atoms with Gasteiger partial charge in [0.05, 0.1) is 19.1 Å². The summed E-state index contributed by atoms with van der Waals surface area (Å²) in [6, 6.07) is 13.3. The molecule has 4 aromatic heterocycles. The number of benzene rings is 2. The molecule has 4 heterocycles. The van der Waals surface area contributed by atoms with Crippen molar-refractivity contribution in [2.45, 2.75) is 39.4 Å². The molecular formula is C34H30O11. The lowest BCUT2D eigenvalue weighted by Gasteiger charge is -2.33. The quantitative estimate of drug-likeness (QED) is 0.0894. The smallest absolute Gasteiger partial charge is 0.336 e. The van der Waals surface area contributed by atoms with E-state index in [9.17, 15) is 14.4 Å². The number of furan rings is 2. The Morgan fingerprint density at radius 2 is 1.31 bits per heavy atom. The van der Waals surface area contributed by atoms with Crippen LogP contribution >= 0.6 is 0 Å². The van der Waals surface area contributed by atoms with Gasteiger partial charge >= 0.3 is 17.2 Å². The van der Waals surface area contributed by atoms with E-state index in [0.717, 1.165) is 16.3 Å². The fourth-order valence-electron chi connectivity index (χ4n) is 4.93. The van der Waals surface area contributed by atoms with Crippen molar-refractivity contribution < 1.29 is 41.4 Å². The Bertz CT molecular complexity index is 2170. The minimum absolute atomic E-state index is 0.114. The molecule has 45 heavy (non-hydrogen) atoms. The summed E-state index contributed by atoms with van der Waals surface area (Å²) in [5.41, 5.74) is 0.186. The molecule has 6 rings (SSSR count). The molecule has 0 amide bonds. The number of ether oxygens (including phenoxy) is 4. The van der Waals surface area contributed by atoms with E-state index in [1.165, 1.54) is 25.3 Å². The Hall–Kier alpha value is -5.29. The summed E-state index contributed by atoms with van der Waals surface area (Å²) in [6.45, 7) is 6.95. The second-order valence-corrected chi connectivity index (χ2v) is 11.1. The molecule has 0 N–H and O–H groups in total. The molecule has 0 spiro atoms. The van der Waals surface area contributed by atoms with Gasteiger partial charge < -0.3 is 36.6 Å². The topological polar surface area (TPSA) is 141 Å². The van der Waals surface area contributed by atoms with E-state index in [0.29, 0.717) is 33.3 Å². The van der Waals surface area contributed by atoms with Crippen LogP contribution in [-0.4, -0.2) is 37.5 Å². The number of rotatable bonds is 11. The SMILES string of the molecule is CC(=O)OC(COc1c2occc2cc2ccc(=O)oc12)C(C)(C)OCC(C)=CCOc1c2occc2cc2ccc(=O)oc12. The highest BCUT2D eigenvalue weighted by Crippen LogP contribution is 2.36. The number of carbonyl (C=O) groups is 1. The van der Waals surface area contributed by atoms with Crippen LogP contribution in [0.2, 0.25) is 0 Å². The lowest BCUT2D eigenvalue weighted by molar-refractivity contribution is -0.169. The number of esters is 1. The van der Waals surface area contributed by atoms with Crippen LogP contribution in [0.25, 0.3) is 43.9 Å². The van der Waals surface area contributed by atoms with E-state index in [1.54, 1.807) is 44.4 Å². The fraction of sp³-hybridized carbons (Fsp3) is 0.265. The molecule has 1 atom stereocenters. The lowest BCUT2D eigenvalue weighted by Crippen LogP contribution is -2.46. The molecule has 11 heteroatoms. The molecule has 0 saturated heterocycles. The minimum Gasteiger partial charge on any atom is -0.482 e. The zero-order chi connectivity index (χ0) is 31.7. The van der Waals surface area contributed by atoms with Crippen LogP contribution in [0.5, 0.6) is 11.5 Å². The van der Waals surface area contributed by atoms with Crippen molar-refractivity contribution in [2.75, 3.05) is 19.8 Å². The number of carbonyl (C=O) groups excluding carboxylic acids is 1. The van der Waals surface area contributed by atoms with Crippen molar-refractivity contribution in [1.29, 1.82) is 0 Å². The Morgan fingerprint density at radius 3 is 1.87 bits per heavy atom. The van der Waals surface area contributed by atoms with Crippen molar-refractivity contribution in [3.63, 3.8) is 0 Å². The zero-order valence-electron chi connectivity index (χ0n) is 25.0. The van der Waals surface area contributed by atoms with Gasteiger partial charge in [-0.2, -0.15) is 0 Å². The molecule has 2 aromatic carbocycles. The standard InChI is InChI=1S/C34H30O11/c1-19(9-12-40-32-28-23(10-13-38-28)15-21-5-7-26(36)44-30(21)32)17-42-34(3,4)25(43-20(2)35)18-41-33-29-24(11-14-39-29)16-22-6-8-27(37)45-31(22)33/h5-11,13-16,25H,12,17-18H2,1-4H3. The second-order valence-electron chi connectivity index (χ2n) is 11.1. The molecule has 0 aliphatic carbocycles. The maximum absolute atomic E-state index is 12.1. The van der Waals surface area contributed by atoms with Gasteiger partial charge in [0, 0.05) is 40.6 Å². The van der Waals surface area contributed by atoms with Gasteiger partial charge in [0.15, 0.2) is 28.4 Å². The summed E-state index contributed by atoms with van der Waals surface area (Å²) in [5, 5.41) is 2.93. The van der Waals surface area contributed by atoms with E-state index in [-0.39, 0.29) is 31.2 Å². The van der Waals surface area contributed by atoms with Crippen LogP contribution < -0.4 is 20.7 Å². The molecule has 0 saturated carbocycles. The Kier molecular flexibility index (Phi) is 7.94. The van der Waals surface area contributed by atoms with E-state index in [4.69, 9.17) is 36.6 Å². The summed E-state index contributed by atoms with van der Waals surface area (Å²) < 4.78 is 46.1. The van der Waals surface area contributed by atoms with Crippen LogP contribution in [0.3, 0.4) is 0 Å². The van der Waals surface area contributed by atoms with Crippen molar-refractivity contribution in [1.82, 2.24) is 0 Å². The lowest BCUT2D eigenvalue weighted by atomic mass is 10.0. The van der Waals surface area contributed by atoms with Crippen molar-refractivity contribution >= 4 is 49.8 Å². The third-order valence-corrected chi connectivity index (χ3v) is 7.36. The van der Waals surface area contributed by atoms with Gasteiger partial charge in [-0.1, -0.05) is 0 Å². The summed E-state index contributed by atoms with van der Waals surface area (Å²) >= 11 is 0. The largest absolute Gasteiger partial charge is 0.482 e. The van der Waals surface area contributed by atoms with Gasteiger partial charge in [0.2, 0.25) is 11.5 Å². The molecule has 11 nitrogen and oxygen atoms in total. The summed E-state index contributed by atoms with van der Waals surface area (Å²) in [6.07, 6.45) is 4.04. The van der Waals surface area contributed by atoms with Gasteiger partial charge in [-0.3, -0.25) is 4.79 Å². The second kappa shape index (κ2) is 12.0. The molecule has 0 fully saturated rings. The summed E-state index contributed by atoms with van der Waals surface area (Å²) in [7, 11) is 0. The average molecular weight is 615 g/mol. The highest BCUT2D eigenvalue weighted by Gasteiger charge is 2.35. The van der Waals surface area contributed by atoms with Crippen LogP contribution in [-0.2, 0) is 14.3 Å². The third kappa shape index (κ3) is 6.20. The predicted octanol–water partition coefficient (Wildman–Crippen LogP) is 6.52. The van der Waals surface area contributed by atoms with Crippen molar-refractivity contribution in [3.05, 3.63) is 93.5 Å². The van der Waals surface area contributed by atoms with Crippen LogP contribution in [0.1, 0.15) is 27.7 Å². The maximum atomic E-state index is 12.1. The Labute approximate surface area is 255 Å². The Balaban J connectivity index is 1.16. The molecule has 232 valence electrons. The highest BCUT2D eigenvalue weighted by molar-refractivity contribution is 6.00. The molecule has 0 radical (unpaired) electrons. The molecule has 6 aromatic rings. The normalized spacial score (nSPS) is 13.1. The van der Waals surface area contributed by atoms with E-state index < -0.39 is 28.9 Å². The van der Waals surface area contributed by atoms with Crippen molar-refractivity contribution in [2.24, 2.45) is 0 Å². The van der Waals surface area contributed by atoms with E-state index in [2.05, 4.69) is 0 Å². The monoisotopic (exact) mass is 614 g/mol. The zero-order valence-corrected chi connectivity index (χ0v) is 25.0. The van der Waals surface area contributed by atoms with Crippen molar-refractivity contribution in [3.8, 4) is 11.5 Å². The van der Waals surface area contributed by atoms with Gasteiger partial charge in [0.25, 0.3) is 0 Å². The van der Waals surface area contributed by atoms with E-state index >= 15 is 0 Å². The van der Waals surface area contributed by atoms with Crippen LogP contribution in [0.4, 0.5) is 0 Å². The maximum Gasteiger partial charge on any atom is 0.336 e. The van der Waals surface area contributed by atoms with Crippen LogP contribution in [0, 0.1) is 0 Å². The molecular weight excluding hydrogens is 584 g/mol. The number of hydrogen-bond acceptors (Lipinski definition) is 11. The van der Waals surface area contributed by atoms with Gasteiger partial charge in [-0.25, -0.2) is 9.59 Å². The minimum atomic E-state index is -1.01. The average Bonchev–Trinajstić information content (AvgIpc) is 3.67. The first-order valence-corrected chi connectivity index (χ1v) is 14.2. The van der Waals surface area contributed by atoms with Gasteiger partial charge in [-0.05, 0) is 68.8 Å². The number of fused-ring (bicyclic) bond motifs is 4. The predicted molar refractivity (Wildman–Crippen MR) is 165 cm³/mol. The van der Waals surface area contributed by atoms with E-state index in [1.807, 2.05) is 25.1 Å². The first-order valence-electron chi connectivity index (χ1n) is 14.2. The first-order chi connectivity index (χ1) is 21.6. The summed E-state index contributed by atoms with van der Waals surface area (Å²) in [5.74, 6) is 0.0401. The Morgan fingerprint density at radius 1 is 0.778 bits per heavy atom. The van der Waals surface area contributed by atoms with Crippen LogP contribution in [0.15, 0.2) is 100.0 Å². The molecule has 0 aliphatic heterocycles. The third-order valence-electron chi connectivity index (χ3n) is 7.36. The highest BCUT2D eigenvalue weighted by atomic mass is 16.6. The molecule has 1 unspecified atom stereocenters. The first kappa shape index (κ1) is 29.8. The summed E-state index contributed by atoms with van der Waals surface area (Å²) in [4.78, 5) is 36.0. The molecule has 0 aliphatic rings.